The van der Waals surface area contributed by atoms with Crippen molar-refractivity contribution in [1.29, 1.82) is 0 Å². The van der Waals surface area contributed by atoms with E-state index in [0.29, 0.717) is 0 Å². The Kier molecular flexibility index (Phi) is 3.97. The average Bonchev–Trinajstić information content (AvgIpc) is 2.40. The van der Waals surface area contributed by atoms with E-state index >= 15 is 0 Å². The summed E-state index contributed by atoms with van der Waals surface area (Å²) in [6.45, 7) is 0. The Morgan fingerprint density at radius 2 is 1.67 bits per heavy atom. The van der Waals surface area contributed by atoms with E-state index in [9.17, 15) is 18.0 Å². The van der Waals surface area contributed by atoms with Crippen molar-refractivity contribution in [2.45, 2.75) is 6.36 Å². The van der Waals surface area contributed by atoms with Gasteiger partial charge in [0, 0.05) is 12.3 Å². The standard InChI is InChI=1S/C13H8F3NO4/c14-13(15,16)21-9-3-1-8(2-4-9)20-10-5-6-17-11(7-10)12(18)19/h1-7H,(H,18,19). The summed E-state index contributed by atoms with van der Waals surface area (Å²) in [4.78, 5) is 14.4. The normalized spacial score (nSPS) is 11.0. The smallest absolute Gasteiger partial charge is 0.477 e. The molecule has 2 rings (SSSR count). The summed E-state index contributed by atoms with van der Waals surface area (Å²) in [6, 6.07) is 7.32. The van der Waals surface area contributed by atoms with Gasteiger partial charge in [-0.25, -0.2) is 9.78 Å². The van der Waals surface area contributed by atoms with Crippen LogP contribution in [0.1, 0.15) is 10.5 Å². The number of aromatic nitrogens is 1. The van der Waals surface area contributed by atoms with Crippen LogP contribution in [0.5, 0.6) is 17.2 Å². The second kappa shape index (κ2) is 5.70. The number of carboxylic acid groups (broad SMARTS) is 1. The van der Waals surface area contributed by atoms with E-state index in [-0.39, 0.29) is 22.9 Å². The number of halogens is 3. The molecule has 2 aromatic rings. The number of ether oxygens (including phenoxy) is 2. The Hall–Kier alpha value is -2.77. The van der Waals surface area contributed by atoms with Gasteiger partial charge in [0.25, 0.3) is 0 Å². The van der Waals surface area contributed by atoms with Crippen LogP contribution in [0.15, 0.2) is 42.6 Å². The number of pyridine rings is 1. The molecule has 0 spiro atoms. The van der Waals surface area contributed by atoms with Crippen molar-refractivity contribution in [3.05, 3.63) is 48.3 Å². The maximum Gasteiger partial charge on any atom is 0.573 e. The van der Waals surface area contributed by atoms with Gasteiger partial charge in [-0.15, -0.1) is 13.2 Å². The highest BCUT2D eigenvalue weighted by Gasteiger charge is 2.30. The van der Waals surface area contributed by atoms with Crippen molar-refractivity contribution in [3.8, 4) is 17.2 Å². The molecule has 0 radical (unpaired) electrons. The highest BCUT2D eigenvalue weighted by Crippen LogP contribution is 2.27. The Morgan fingerprint density at radius 3 is 2.24 bits per heavy atom. The molecule has 0 aliphatic heterocycles. The number of nitrogens with zero attached hydrogens (tertiary/aromatic N) is 1. The van der Waals surface area contributed by atoms with Crippen molar-refractivity contribution in [2.24, 2.45) is 0 Å². The minimum atomic E-state index is -4.76. The van der Waals surface area contributed by atoms with Crippen LogP contribution in [-0.2, 0) is 0 Å². The zero-order chi connectivity index (χ0) is 15.5. The third-order valence-corrected chi connectivity index (χ3v) is 2.24. The number of benzene rings is 1. The Morgan fingerprint density at radius 1 is 1.05 bits per heavy atom. The number of carboxylic acids is 1. The van der Waals surface area contributed by atoms with E-state index in [1.807, 2.05) is 0 Å². The fraction of sp³-hybridized carbons (Fsp3) is 0.0769. The van der Waals surface area contributed by atoms with Crippen molar-refractivity contribution >= 4 is 5.97 Å². The SMILES string of the molecule is O=C(O)c1cc(Oc2ccc(OC(F)(F)F)cc2)ccn1. The van der Waals surface area contributed by atoms with Gasteiger partial charge < -0.3 is 14.6 Å². The fourth-order valence-corrected chi connectivity index (χ4v) is 1.44. The minimum Gasteiger partial charge on any atom is -0.477 e. The van der Waals surface area contributed by atoms with Crippen LogP contribution in [0.3, 0.4) is 0 Å². The molecule has 0 fully saturated rings. The molecule has 0 atom stereocenters. The van der Waals surface area contributed by atoms with Gasteiger partial charge in [0.15, 0.2) is 5.69 Å². The molecule has 110 valence electrons. The first-order valence-corrected chi connectivity index (χ1v) is 5.56. The van der Waals surface area contributed by atoms with Crippen LogP contribution in [0.4, 0.5) is 13.2 Å². The van der Waals surface area contributed by atoms with Gasteiger partial charge in [0.2, 0.25) is 0 Å². The van der Waals surface area contributed by atoms with Gasteiger partial charge in [-0.3, -0.25) is 0 Å². The van der Waals surface area contributed by atoms with Crippen molar-refractivity contribution in [2.75, 3.05) is 0 Å². The van der Waals surface area contributed by atoms with E-state index in [0.717, 1.165) is 12.1 Å². The predicted molar refractivity (Wildman–Crippen MR) is 64.4 cm³/mol. The molecule has 1 aromatic carbocycles. The molecule has 5 nitrogen and oxygen atoms in total. The van der Waals surface area contributed by atoms with E-state index in [2.05, 4.69) is 9.72 Å². The molecule has 0 unspecified atom stereocenters. The largest absolute Gasteiger partial charge is 0.573 e. The van der Waals surface area contributed by atoms with E-state index in [4.69, 9.17) is 9.84 Å². The molecule has 0 bridgehead atoms. The molecular weight excluding hydrogens is 291 g/mol. The third-order valence-electron chi connectivity index (χ3n) is 2.24. The summed E-state index contributed by atoms with van der Waals surface area (Å²) < 4.78 is 45.0. The Labute approximate surface area is 116 Å². The van der Waals surface area contributed by atoms with Gasteiger partial charge in [0.05, 0.1) is 0 Å². The number of hydrogen-bond acceptors (Lipinski definition) is 4. The van der Waals surface area contributed by atoms with Gasteiger partial charge in [-0.1, -0.05) is 0 Å². The molecular formula is C13H8F3NO4. The quantitative estimate of drug-likeness (QED) is 0.936. The summed E-state index contributed by atoms with van der Waals surface area (Å²) in [5, 5.41) is 8.78. The lowest BCUT2D eigenvalue weighted by molar-refractivity contribution is -0.274. The lowest BCUT2D eigenvalue weighted by Gasteiger charge is -2.10. The van der Waals surface area contributed by atoms with Crippen molar-refractivity contribution in [3.63, 3.8) is 0 Å². The number of alkyl halides is 3. The second-order valence-corrected chi connectivity index (χ2v) is 3.80. The van der Waals surface area contributed by atoms with Crippen LogP contribution < -0.4 is 9.47 Å². The second-order valence-electron chi connectivity index (χ2n) is 3.80. The van der Waals surface area contributed by atoms with Crippen molar-refractivity contribution < 1.29 is 32.5 Å². The highest BCUT2D eigenvalue weighted by atomic mass is 19.4. The van der Waals surface area contributed by atoms with Crippen LogP contribution in [0.2, 0.25) is 0 Å². The lowest BCUT2D eigenvalue weighted by Crippen LogP contribution is -2.16. The van der Waals surface area contributed by atoms with Crippen molar-refractivity contribution in [1.82, 2.24) is 4.98 Å². The van der Waals surface area contributed by atoms with Crippen LogP contribution in [-0.4, -0.2) is 22.4 Å². The molecule has 1 heterocycles. The molecule has 1 N–H and O–H groups in total. The van der Waals surface area contributed by atoms with Gasteiger partial charge in [-0.05, 0) is 30.3 Å². The lowest BCUT2D eigenvalue weighted by atomic mass is 10.3. The predicted octanol–water partition coefficient (Wildman–Crippen LogP) is 3.47. The number of rotatable bonds is 4. The minimum absolute atomic E-state index is 0.201. The zero-order valence-electron chi connectivity index (χ0n) is 10.3. The molecule has 0 aliphatic carbocycles. The van der Waals surface area contributed by atoms with Crippen LogP contribution in [0.25, 0.3) is 0 Å². The molecule has 8 heteroatoms. The first kappa shape index (κ1) is 14.6. The first-order valence-electron chi connectivity index (χ1n) is 5.56. The zero-order valence-corrected chi connectivity index (χ0v) is 10.3. The maximum absolute atomic E-state index is 12.0. The molecule has 1 aromatic heterocycles. The van der Waals surface area contributed by atoms with E-state index in [1.54, 1.807) is 0 Å². The van der Waals surface area contributed by atoms with E-state index in [1.165, 1.54) is 30.5 Å². The summed E-state index contributed by atoms with van der Waals surface area (Å²) in [7, 11) is 0. The average molecular weight is 299 g/mol. The first-order chi connectivity index (χ1) is 9.83. The highest BCUT2D eigenvalue weighted by molar-refractivity contribution is 5.85. The Bertz CT molecular complexity index is 641. The molecule has 0 saturated heterocycles. The molecule has 21 heavy (non-hydrogen) atoms. The van der Waals surface area contributed by atoms with Gasteiger partial charge >= 0.3 is 12.3 Å². The number of carbonyl (C=O) groups is 1. The monoisotopic (exact) mass is 299 g/mol. The van der Waals surface area contributed by atoms with Gasteiger partial charge in [-0.2, -0.15) is 0 Å². The van der Waals surface area contributed by atoms with Crippen LogP contribution in [0, 0.1) is 0 Å². The summed E-state index contributed by atoms with van der Waals surface area (Å²) in [5.74, 6) is -1.16. The topological polar surface area (TPSA) is 68.7 Å². The molecule has 0 saturated carbocycles. The molecule has 0 aliphatic rings. The fourth-order valence-electron chi connectivity index (χ4n) is 1.44. The van der Waals surface area contributed by atoms with Gasteiger partial charge in [0.1, 0.15) is 17.2 Å². The third kappa shape index (κ3) is 4.37. The number of aromatic carboxylic acids is 1. The summed E-state index contributed by atoms with van der Waals surface area (Å²) in [6.07, 6.45) is -3.51. The van der Waals surface area contributed by atoms with E-state index < -0.39 is 12.3 Å². The number of hydrogen-bond donors (Lipinski definition) is 1. The maximum atomic E-state index is 12.0. The summed E-state index contributed by atoms with van der Waals surface area (Å²) in [5.41, 5.74) is -0.204. The van der Waals surface area contributed by atoms with Crippen LogP contribution >= 0.6 is 0 Å². The summed E-state index contributed by atoms with van der Waals surface area (Å²) >= 11 is 0. The molecule has 0 amide bonds. The Balaban J connectivity index is 2.10.